The molecule has 0 aliphatic carbocycles. The van der Waals surface area contributed by atoms with Crippen molar-refractivity contribution in [2.45, 2.75) is 33.7 Å². The zero-order chi connectivity index (χ0) is 9.61. The third-order valence-electron chi connectivity index (χ3n) is 1.67. The summed E-state index contributed by atoms with van der Waals surface area (Å²) in [6.07, 6.45) is 0.503. The first-order chi connectivity index (χ1) is 5.60. The lowest BCUT2D eigenvalue weighted by molar-refractivity contribution is -0.115. The van der Waals surface area contributed by atoms with E-state index in [4.69, 9.17) is 8.85 Å². The largest absolute Gasteiger partial charge is 0.406 e. The molecule has 0 saturated heterocycles. The molecule has 0 aromatic heterocycles. The Morgan fingerprint density at radius 1 is 1.17 bits per heavy atom. The fourth-order valence-electron chi connectivity index (χ4n) is 1.07. The monoisotopic (exact) mass is 190 g/mol. The Kier molecular flexibility index (Phi) is 5.36. The fourth-order valence-corrected chi connectivity index (χ4v) is 3.22. The topological polar surface area (TPSA) is 35.5 Å². The van der Waals surface area contributed by atoms with E-state index in [9.17, 15) is 4.79 Å². The van der Waals surface area contributed by atoms with Crippen LogP contribution in [0.3, 0.4) is 0 Å². The SMILES string of the molecule is CCO[Si](C)(OCC)C(=O)CC. The van der Waals surface area contributed by atoms with Gasteiger partial charge in [-0.15, -0.1) is 0 Å². The lowest BCUT2D eigenvalue weighted by Gasteiger charge is -2.23. The molecule has 0 aliphatic rings. The summed E-state index contributed by atoms with van der Waals surface area (Å²) in [5, 5.41) is 0.131. The molecule has 0 heterocycles. The van der Waals surface area contributed by atoms with Gasteiger partial charge in [-0.2, -0.15) is 0 Å². The van der Waals surface area contributed by atoms with E-state index in [0.717, 1.165) is 0 Å². The van der Waals surface area contributed by atoms with E-state index in [2.05, 4.69) is 0 Å². The molecule has 0 atom stereocenters. The van der Waals surface area contributed by atoms with E-state index in [1.807, 2.05) is 27.3 Å². The van der Waals surface area contributed by atoms with Crippen molar-refractivity contribution in [3.63, 3.8) is 0 Å². The highest BCUT2D eigenvalue weighted by Gasteiger charge is 2.38. The molecule has 0 aromatic carbocycles. The third-order valence-corrected chi connectivity index (χ3v) is 4.71. The lowest BCUT2D eigenvalue weighted by atomic mass is 10.6. The predicted molar refractivity (Wildman–Crippen MR) is 50.2 cm³/mol. The first kappa shape index (κ1) is 11.8. The van der Waals surface area contributed by atoms with Crippen molar-refractivity contribution in [2.24, 2.45) is 0 Å². The highest BCUT2D eigenvalue weighted by molar-refractivity contribution is 6.96. The maximum atomic E-state index is 11.4. The van der Waals surface area contributed by atoms with E-state index in [1.165, 1.54) is 0 Å². The van der Waals surface area contributed by atoms with E-state index < -0.39 is 8.56 Å². The first-order valence-electron chi connectivity index (χ1n) is 4.41. The Morgan fingerprint density at radius 2 is 1.58 bits per heavy atom. The Labute approximate surface area is 75.3 Å². The summed E-state index contributed by atoms with van der Waals surface area (Å²) in [7, 11) is -2.49. The normalized spacial score (nSPS) is 11.7. The van der Waals surface area contributed by atoms with Crippen molar-refractivity contribution < 1.29 is 13.6 Å². The van der Waals surface area contributed by atoms with Crippen LogP contribution in [-0.2, 0) is 13.6 Å². The number of carbonyl (C=O) groups excluding carboxylic acids is 1. The smallest absolute Gasteiger partial charge is 0.390 e. The minimum absolute atomic E-state index is 0.131. The van der Waals surface area contributed by atoms with Gasteiger partial charge in [0.2, 0.25) is 0 Å². The van der Waals surface area contributed by atoms with Crippen molar-refractivity contribution >= 4 is 14.0 Å². The summed E-state index contributed by atoms with van der Waals surface area (Å²) in [5.74, 6) is 0. The summed E-state index contributed by atoms with van der Waals surface area (Å²) in [6, 6.07) is 0. The molecule has 72 valence electrons. The number of carbonyl (C=O) groups is 1. The number of hydrogen-bond acceptors (Lipinski definition) is 3. The molecule has 12 heavy (non-hydrogen) atoms. The molecular formula is C8H18O3Si. The highest BCUT2D eigenvalue weighted by Crippen LogP contribution is 2.10. The van der Waals surface area contributed by atoms with Gasteiger partial charge in [0.25, 0.3) is 0 Å². The van der Waals surface area contributed by atoms with Crippen molar-refractivity contribution in [3.8, 4) is 0 Å². The van der Waals surface area contributed by atoms with Gasteiger partial charge in [0, 0.05) is 19.6 Å². The van der Waals surface area contributed by atoms with Gasteiger partial charge in [-0.3, -0.25) is 4.79 Å². The van der Waals surface area contributed by atoms with Gasteiger partial charge in [-0.25, -0.2) is 0 Å². The summed E-state index contributed by atoms with van der Waals surface area (Å²) >= 11 is 0. The van der Waals surface area contributed by atoms with E-state index in [-0.39, 0.29) is 5.41 Å². The molecule has 0 aromatic rings. The number of rotatable bonds is 6. The van der Waals surface area contributed by atoms with Gasteiger partial charge in [0.1, 0.15) is 0 Å². The fraction of sp³-hybridized carbons (Fsp3) is 0.875. The lowest BCUT2D eigenvalue weighted by Crippen LogP contribution is -2.47. The van der Waals surface area contributed by atoms with Gasteiger partial charge in [-0.1, -0.05) is 6.92 Å². The van der Waals surface area contributed by atoms with Gasteiger partial charge < -0.3 is 8.85 Å². The molecule has 0 bridgehead atoms. The maximum Gasteiger partial charge on any atom is 0.406 e. The zero-order valence-corrected chi connectivity index (χ0v) is 9.35. The van der Waals surface area contributed by atoms with Crippen LogP contribution in [0, 0.1) is 0 Å². The summed E-state index contributed by atoms with van der Waals surface area (Å²) in [4.78, 5) is 11.4. The van der Waals surface area contributed by atoms with E-state index in [1.54, 1.807) is 0 Å². The van der Waals surface area contributed by atoms with Crippen LogP contribution >= 0.6 is 0 Å². The average Bonchev–Trinajstić information content (AvgIpc) is 2.04. The third kappa shape index (κ3) is 3.04. The zero-order valence-electron chi connectivity index (χ0n) is 8.35. The Bertz CT molecular complexity index is 141. The van der Waals surface area contributed by atoms with Crippen LogP contribution in [0.15, 0.2) is 0 Å². The minimum Gasteiger partial charge on any atom is -0.390 e. The van der Waals surface area contributed by atoms with E-state index >= 15 is 0 Å². The second-order valence-electron chi connectivity index (χ2n) is 2.59. The molecule has 0 amide bonds. The molecular weight excluding hydrogens is 172 g/mol. The van der Waals surface area contributed by atoms with Crippen LogP contribution in [0.4, 0.5) is 0 Å². The summed E-state index contributed by atoms with van der Waals surface area (Å²) < 4.78 is 10.8. The second-order valence-corrected chi connectivity index (χ2v) is 5.61. The first-order valence-corrected chi connectivity index (χ1v) is 6.73. The standard InChI is InChI=1S/C8H18O3Si/c1-5-8(9)12(4,10-6-2)11-7-3/h5-7H2,1-4H3. The van der Waals surface area contributed by atoms with Gasteiger partial charge in [0.05, 0.1) is 0 Å². The quantitative estimate of drug-likeness (QED) is 0.597. The van der Waals surface area contributed by atoms with Crippen molar-refractivity contribution in [1.82, 2.24) is 0 Å². The molecule has 3 nitrogen and oxygen atoms in total. The molecule has 0 radical (unpaired) electrons. The van der Waals surface area contributed by atoms with Crippen LogP contribution in [0.1, 0.15) is 27.2 Å². The van der Waals surface area contributed by atoms with Gasteiger partial charge in [0.15, 0.2) is 5.41 Å². The summed E-state index contributed by atoms with van der Waals surface area (Å²) in [5.41, 5.74) is 0. The van der Waals surface area contributed by atoms with Crippen molar-refractivity contribution in [3.05, 3.63) is 0 Å². The van der Waals surface area contributed by atoms with Crippen molar-refractivity contribution in [2.75, 3.05) is 13.2 Å². The van der Waals surface area contributed by atoms with Crippen LogP contribution in [-0.4, -0.2) is 27.2 Å². The Balaban J connectivity index is 4.26. The molecule has 0 unspecified atom stereocenters. The second kappa shape index (κ2) is 5.45. The van der Waals surface area contributed by atoms with E-state index in [0.29, 0.717) is 19.6 Å². The average molecular weight is 190 g/mol. The predicted octanol–water partition coefficient (Wildman–Crippen LogP) is 1.65. The minimum atomic E-state index is -2.49. The summed E-state index contributed by atoms with van der Waals surface area (Å²) in [6.45, 7) is 8.51. The number of hydrogen-bond donors (Lipinski definition) is 0. The van der Waals surface area contributed by atoms with Gasteiger partial charge >= 0.3 is 8.56 Å². The van der Waals surface area contributed by atoms with Crippen LogP contribution in [0.5, 0.6) is 0 Å². The van der Waals surface area contributed by atoms with Gasteiger partial charge in [-0.05, 0) is 20.4 Å². The maximum absolute atomic E-state index is 11.4. The van der Waals surface area contributed by atoms with Crippen LogP contribution < -0.4 is 0 Å². The molecule has 0 aliphatic heterocycles. The molecule has 0 N–H and O–H groups in total. The van der Waals surface area contributed by atoms with Crippen molar-refractivity contribution in [1.29, 1.82) is 0 Å². The molecule has 0 rings (SSSR count). The molecule has 0 fully saturated rings. The molecule has 0 spiro atoms. The Morgan fingerprint density at radius 3 is 1.83 bits per heavy atom. The highest BCUT2D eigenvalue weighted by atomic mass is 28.4. The Hall–Kier alpha value is -0.193. The van der Waals surface area contributed by atoms with Crippen LogP contribution in [0.2, 0.25) is 6.55 Å². The van der Waals surface area contributed by atoms with Crippen LogP contribution in [0.25, 0.3) is 0 Å². The molecule has 0 saturated carbocycles. The molecule has 4 heteroatoms.